The predicted octanol–water partition coefficient (Wildman–Crippen LogP) is 4.57. The second-order valence-corrected chi connectivity index (χ2v) is 6.69. The summed E-state index contributed by atoms with van der Waals surface area (Å²) in [5, 5.41) is 0. The van der Waals surface area contributed by atoms with Gasteiger partial charge in [0.25, 0.3) is 0 Å². The van der Waals surface area contributed by atoms with E-state index >= 15 is 0 Å². The molecule has 2 unspecified atom stereocenters. The van der Waals surface area contributed by atoms with Gasteiger partial charge in [0.05, 0.1) is 0 Å². The van der Waals surface area contributed by atoms with E-state index in [1.54, 1.807) is 12.1 Å². The van der Waals surface area contributed by atoms with Gasteiger partial charge in [0.15, 0.2) is 0 Å². The van der Waals surface area contributed by atoms with Crippen LogP contribution in [0.4, 0.5) is 4.39 Å². The Morgan fingerprint density at radius 1 is 1.05 bits per heavy atom. The van der Waals surface area contributed by atoms with Gasteiger partial charge in [-0.05, 0) is 73.8 Å². The maximum atomic E-state index is 13.8. The van der Waals surface area contributed by atoms with Crippen molar-refractivity contribution in [3.63, 3.8) is 0 Å². The van der Waals surface area contributed by atoms with Crippen LogP contribution in [0.25, 0.3) is 0 Å². The van der Waals surface area contributed by atoms with Crippen LogP contribution in [0.1, 0.15) is 47.4 Å². The molecular formula is C20H24FN. The Labute approximate surface area is 132 Å². The summed E-state index contributed by atoms with van der Waals surface area (Å²) < 4.78 is 13.8. The first-order chi connectivity index (χ1) is 10.6. The van der Waals surface area contributed by atoms with Crippen LogP contribution in [0.5, 0.6) is 0 Å². The molecule has 2 aromatic carbocycles. The molecule has 1 nitrogen and oxygen atoms in total. The van der Waals surface area contributed by atoms with Gasteiger partial charge in [-0.15, -0.1) is 0 Å². The Kier molecular flexibility index (Phi) is 4.30. The van der Waals surface area contributed by atoms with Gasteiger partial charge in [0, 0.05) is 5.92 Å². The first-order valence-electron chi connectivity index (χ1n) is 8.08. The Balaban J connectivity index is 2.07. The third-order valence-corrected chi connectivity index (χ3v) is 4.87. The van der Waals surface area contributed by atoms with Crippen molar-refractivity contribution in [2.24, 2.45) is 0 Å². The summed E-state index contributed by atoms with van der Waals surface area (Å²) in [5.74, 6) is 0.599. The number of benzene rings is 2. The minimum Gasteiger partial charge on any atom is -0.309 e. The Bertz CT molecular complexity index is 663. The monoisotopic (exact) mass is 297 g/mol. The third kappa shape index (κ3) is 2.93. The molecule has 0 radical (unpaired) electrons. The number of rotatable bonds is 3. The molecule has 0 N–H and O–H groups in total. The van der Waals surface area contributed by atoms with Gasteiger partial charge in [-0.2, -0.15) is 0 Å². The number of hydrogen-bond acceptors (Lipinski definition) is 1. The molecule has 0 spiro atoms. The van der Waals surface area contributed by atoms with E-state index in [4.69, 9.17) is 0 Å². The lowest BCUT2D eigenvalue weighted by molar-refractivity contribution is 0.379. The molecule has 116 valence electrons. The minimum absolute atomic E-state index is 0.119. The average molecular weight is 297 g/mol. The van der Waals surface area contributed by atoms with Crippen LogP contribution in [0.15, 0.2) is 42.5 Å². The molecule has 2 atom stereocenters. The van der Waals surface area contributed by atoms with Crippen LogP contribution in [0.2, 0.25) is 0 Å². The first-order valence-corrected chi connectivity index (χ1v) is 8.08. The van der Waals surface area contributed by atoms with Gasteiger partial charge >= 0.3 is 0 Å². The molecule has 3 rings (SSSR count). The summed E-state index contributed by atoms with van der Waals surface area (Å²) in [6.45, 7) is 3.26. The molecule has 0 fully saturated rings. The normalized spacial score (nSPS) is 20.4. The van der Waals surface area contributed by atoms with Crippen molar-refractivity contribution in [1.29, 1.82) is 0 Å². The second-order valence-electron chi connectivity index (χ2n) is 6.69. The first kappa shape index (κ1) is 15.2. The van der Waals surface area contributed by atoms with Gasteiger partial charge in [-0.25, -0.2) is 4.39 Å². The molecule has 0 bridgehead atoms. The summed E-state index contributed by atoms with van der Waals surface area (Å²) in [7, 11) is 4.19. The zero-order valence-electron chi connectivity index (χ0n) is 13.6. The van der Waals surface area contributed by atoms with Crippen LogP contribution < -0.4 is 0 Å². The summed E-state index contributed by atoms with van der Waals surface area (Å²) in [6.07, 6.45) is 2.06. The lowest BCUT2D eigenvalue weighted by Gasteiger charge is -2.21. The zero-order chi connectivity index (χ0) is 15.7. The van der Waals surface area contributed by atoms with E-state index in [9.17, 15) is 4.39 Å². The molecule has 22 heavy (non-hydrogen) atoms. The van der Waals surface area contributed by atoms with Gasteiger partial charge < -0.3 is 4.90 Å². The van der Waals surface area contributed by atoms with Crippen LogP contribution in [-0.4, -0.2) is 25.5 Å². The molecule has 2 heteroatoms. The molecule has 2 aromatic rings. The van der Waals surface area contributed by atoms with E-state index in [0.29, 0.717) is 11.8 Å². The van der Waals surface area contributed by atoms with Gasteiger partial charge in [-0.3, -0.25) is 0 Å². The minimum atomic E-state index is -0.119. The van der Waals surface area contributed by atoms with Crippen LogP contribution in [0, 0.1) is 5.82 Å². The van der Waals surface area contributed by atoms with Crippen LogP contribution >= 0.6 is 0 Å². The molecule has 0 aliphatic heterocycles. The quantitative estimate of drug-likeness (QED) is 0.802. The Hall–Kier alpha value is -1.67. The molecule has 0 heterocycles. The van der Waals surface area contributed by atoms with Crippen molar-refractivity contribution >= 4 is 0 Å². The average Bonchev–Trinajstić information content (AvgIpc) is 2.61. The predicted molar refractivity (Wildman–Crippen MR) is 90.0 cm³/mol. The van der Waals surface area contributed by atoms with Crippen molar-refractivity contribution in [2.75, 3.05) is 20.6 Å². The summed E-state index contributed by atoms with van der Waals surface area (Å²) >= 11 is 0. The number of hydrogen-bond donors (Lipinski definition) is 0. The standard InChI is InChI=1S/C20H24FN/c1-14-18-7-5-4-6-15(18)12-16(10-11-22(2)3)20-13-17(21)8-9-19(14)20/h4-9,13-14,16H,10-12H2,1-3H3. The van der Waals surface area contributed by atoms with Crippen LogP contribution in [0.3, 0.4) is 0 Å². The number of nitrogens with zero attached hydrogens (tertiary/aromatic N) is 1. The summed E-state index contributed by atoms with van der Waals surface area (Å²) in [5.41, 5.74) is 5.29. The Morgan fingerprint density at radius 2 is 1.82 bits per heavy atom. The molecule has 1 aliphatic rings. The summed E-state index contributed by atoms with van der Waals surface area (Å²) in [6, 6.07) is 14.0. The lowest BCUT2D eigenvalue weighted by Crippen LogP contribution is -2.17. The van der Waals surface area contributed by atoms with Gasteiger partial charge in [0.2, 0.25) is 0 Å². The van der Waals surface area contributed by atoms with Gasteiger partial charge in [-0.1, -0.05) is 37.3 Å². The molecule has 0 saturated heterocycles. The van der Waals surface area contributed by atoms with E-state index < -0.39 is 0 Å². The number of fused-ring (bicyclic) bond motifs is 2. The molecule has 0 amide bonds. The molecular weight excluding hydrogens is 273 g/mol. The van der Waals surface area contributed by atoms with E-state index in [-0.39, 0.29) is 5.82 Å². The molecule has 0 aromatic heterocycles. The smallest absolute Gasteiger partial charge is 0.123 e. The zero-order valence-corrected chi connectivity index (χ0v) is 13.6. The fraction of sp³-hybridized carbons (Fsp3) is 0.400. The topological polar surface area (TPSA) is 3.24 Å². The van der Waals surface area contributed by atoms with Crippen molar-refractivity contribution in [3.05, 3.63) is 70.5 Å². The van der Waals surface area contributed by atoms with E-state index in [1.165, 1.54) is 22.3 Å². The summed E-state index contributed by atoms with van der Waals surface area (Å²) in [4.78, 5) is 2.21. The maximum absolute atomic E-state index is 13.8. The fourth-order valence-corrected chi connectivity index (χ4v) is 3.65. The molecule has 1 aliphatic carbocycles. The lowest BCUT2D eigenvalue weighted by atomic mass is 9.86. The van der Waals surface area contributed by atoms with E-state index in [0.717, 1.165) is 19.4 Å². The highest BCUT2D eigenvalue weighted by atomic mass is 19.1. The fourth-order valence-electron chi connectivity index (χ4n) is 3.65. The van der Waals surface area contributed by atoms with E-state index in [1.807, 2.05) is 6.07 Å². The highest BCUT2D eigenvalue weighted by Gasteiger charge is 2.26. The largest absolute Gasteiger partial charge is 0.309 e. The maximum Gasteiger partial charge on any atom is 0.123 e. The third-order valence-electron chi connectivity index (χ3n) is 4.87. The van der Waals surface area contributed by atoms with Crippen molar-refractivity contribution in [2.45, 2.75) is 31.6 Å². The Morgan fingerprint density at radius 3 is 2.59 bits per heavy atom. The van der Waals surface area contributed by atoms with E-state index in [2.05, 4.69) is 50.2 Å². The van der Waals surface area contributed by atoms with Gasteiger partial charge in [0.1, 0.15) is 5.82 Å². The van der Waals surface area contributed by atoms with Crippen molar-refractivity contribution in [1.82, 2.24) is 4.90 Å². The van der Waals surface area contributed by atoms with Crippen LogP contribution in [-0.2, 0) is 6.42 Å². The highest BCUT2D eigenvalue weighted by Crippen LogP contribution is 2.40. The van der Waals surface area contributed by atoms with Crippen molar-refractivity contribution in [3.8, 4) is 0 Å². The number of halogens is 1. The van der Waals surface area contributed by atoms with Crippen molar-refractivity contribution < 1.29 is 4.39 Å². The molecule has 0 saturated carbocycles. The SMILES string of the molecule is CC1c2ccccc2CC(CCN(C)C)c2cc(F)ccc21. The second kappa shape index (κ2) is 6.21. The highest BCUT2D eigenvalue weighted by molar-refractivity contribution is 5.46.